The molecule has 0 unspecified atom stereocenters. The van der Waals surface area contributed by atoms with E-state index in [1.807, 2.05) is 42.5 Å². The maximum absolute atomic E-state index is 11.7. The first-order chi connectivity index (χ1) is 16.3. The first-order valence-corrected chi connectivity index (χ1v) is 10.9. The lowest BCUT2D eigenvalue weighted by molar-refractivity contribution is 0.0695. The number of aromatic nitrogens is 2. The van der Waals surface area contributed by atoms with Gasteiger partial charge in [0.1, 0.15) is 5.75 Å². The molecule has 5 rings (SSSR count). The van der Waals surface area contributed by atoms with E-state index in [1.54, 1.807) is 32.0 Å². The predicted molar refractivity (Wildman–Crippen MR) is 132 cm³/mol. The summed E-state index contributed by atoms with van der Waals surface area (Å²) in [4.78, 5) is 30.6. The summed E-state index contributed by atoms with van der Waals surface area (Å²) in [6, 6.07) is 20.3. The normalized spacial score (nSPS) is 11.1. The number of ketones is 1. The van der Waals surface area contributed by atoms with E-state index >= 15 is 0 Å². The van der Waals surface area contributed by atoms with Crippen molar-refractivity contribution < 1.29 is 19.4 Å². The van der Waals surface area contributed by atoms with Gasteiger partial charge in [-0.2, -0.15) is 4.98 Å². The molecule has 0 saturated heterocycles. The summed E-state index contributed by atoms with van der Waals surface area (Å²) in [5, 5.41) is 11.9. The summed E-state index contributed by atoms with van der Waals surface area (Å²) in [7, 11) is 0. The third-order valence-electron chi connectivity index (χ3n) is 5.76. The van der Waals surface area contributed by atoms with Crippen molar-refractivity contribution in [1.82, 2.24) is 9.97 Å². The topological polar surface area (TPSA) is 92.3 Å². The lowest BCUT2D eigenvalue weighted by Crippen LogP contribution is -2.00. The van der Waals surface area contributed by atoms with E-state index in [-0.39, 0.29) is 17.4 Å². The number of hydrogen-bond acceptors (Lipinski definition) is 4. The SMILES string of the molecule is CC(=O)c1ccc2cc(-c3cc4nc(Oc5ccc(C)c(C(=O)O)c5)[nH]c4cc3Cl)ccc2c1. The van der Waals surface area contributed by atoms with E-state index in [9.17, 15) is 14.7 Å². The summed E-state index contributed by atoms with van der Waals surface area (Å²) in [6.07, 6.45) is 0. The van der Waals surface area contributed by atoms with Crippen molar-refractivity contribution in [2.24, 2.45) is 0 Å². The zero-order chi connectivity index (χ0) is 24.0. The second kappa shape index (κ2) is 8.32. The lowest BCUT2D eigenvalue weighted by Gasteiger charge is -2.07. The highest BCUT2D eigenvalue weighted by Gasteiger charge is 2.13. The molecule has 0 amide bonds. The van der Waals surface area contributed by atoms with Crippen LogP contribution in [0.1, 0.15) is 33.2 Å². The smallest absolute Gasteiger partial charge is 0.336 e. The van der Waals surface area contributed by atoms with E-state index in [0.29, 0.717) is 32.9 Å². The Morgan fingerprint density at radius 1 is 0.971 bits per heavy atom. The number of hydrogen-bond donors (Lipinski definition) is 2. The van der Waals surface area contributed by atoms with Crippen LogP contribution in [0.25, 0.3) is 32.9 Å². The number of H-pyrrole nitrogens is 1. The Bertz CT molecular complexity index is 1620. The van der Waals surface area contributed by atoms with Gasteiger partial charge in [0.2, 0.25) is 0 Å². The van der Waals surface area contributed by atoms with Crippen LogP contribution < -0.4 is 4.74 Å². The molecule has 2 N–H and O–H groups in total. The van der Waals surface area contributed by atoms with Crippen LogP contribution in [-0.4, -0.2) is 26.8 Å². The molecule has 0 bridgehead atoms. The number of carbonyl (C=O) groups excluding carboxylic acids is 1. The number of aryl methyl sites for hydroxylation is 1. The van der Waals surface area contributed by atoms with Crippen molar-refractivity contribution >= 4 is 45.2 Å². The molecule has 0 saturated carbocycles. The van der Waals surface area contributed by atoms with Crippen molar-refractivity contribution in [3.8, 4) is 22.9 Å². The van der Waals surface area contributed by atoms with Gasteiger partial charge in [0.15, 0.2) is 5.78 Å². The number of aromatic amines is 1. The van der Waals surface area contributed by atoms with Gasteiger partial charge >= 0.3 is 5.97 Å². The van der Waals surface area contributed by atoms with Crippen LogP contribution in [0.5, 0.6) is 11.8 Å². The fraction of sp³-hybridized carbons (Fsp3) is 0.0741. The van der Waals surface area contributed by atoms with Gasteiger partial charge in [-0.15, -0.1) is 0 Å². The number of nitrogens with zero attached hydrogens (tertiary/aromatic N) is 1. The van der Waals surface area contributed by atoms with Crippen LogP contribution >= 0.6 is 11.6 Å². The predicted octanol–water partition coefficient (Wildman–Crippen LogP) is 7.04. The molecular weight excluding hydrogens is 452 g/mol. The van der Waals surface area contributed by atoms with Gasteiger partial charge in [0.25, 0.3) is 6.01 Å². The van der Waals surface area contributed by atoms with Crippen LogP contribution in [0, 0.1) is 6.92 Å². The number of carboxylic acids is 1. The molecule has 34 heavy (non-hydrogen) atoms. The number of Topliss-reactive ketones (excluding diaryl/α,β-unsaturated/α-hetero) is 1. The summed E-state index contributed by atoms with van der Waals surface area (Å²) < 4.78 is 5.78. The highest BCUT2D eigenvalue weighted by atomic mass is 35.5. The molecular formula is C27H19ClN2O4. The largest absolute Gasteiger partial charge is 0.478 e. The Labute approximate surface area is 199 Å². The molecule has 0 atom stereocenters. The van der Waals surface area contributed by atoms with E-state index in [1.165, 1.54) is 6.07 Å². The summed E-state index contributed by atoms with van der Waals surface area (Å²) >= 11 is 6.60. The van der Waals surface area contributed by atoms with Crippen molar-refractivity contribution in [2.75, 3.05) is 0 Å². The molecule has 5 aromatic rings. The number of ether oxygens (including phenoxy) is 1. The third-order valence-corrected chi connectivity index (χ3v) is 6.07. The molecule has 1 aromatic heterocycles. The highest BCUT2D eigenvalue weighted by Crippen LogP contribution is 2.34. The van der Waals surface area contributed by atoms with E-state index < -0.39 is 5.97 Å². The number of aromatic carboxylic acids is 1. The summed E-state index contributed by atoms with van der Waals surface area (Å²) in [5.41, 5.74) is 4.58. The molecule has 0 aliphatic heterocycles. The maximum atomic E-state index is 11.7. The van der Waals surface area contributed by atoms with Crippen molar-refractivity contribution in [3.05, 3.63) is 88.4 Å². The Kier molecular flexibility index (Phi) is 5.30. The summed E-state index contributed by atoms with van der Waals surface area (Å²) in [5.74, 6) is -0.620. The van der Waals surface area contributed by atoms with Crippen molar-refractivity contribution in [2.45, 2.75) is 13.8 Å². The zero-order valence-corrected chi connectivity index (χ0v) is 19.1. The van der Waals surface area contributed by atoms with E-state index in [4.69, 9.17) is 16.3 Å². The Hall–Kier alpha value is -4.16. The molecule has 7 heteroatoms. The molecule has 4 aromatic carbocycles. The number of halogens is 1. The molecule has 6 nitrogen and oxygen atoms in total. The Morgan fingerprint density at radius 3 is 2.50 bits per heavy atom. The lowest BCUT2D eigenvalue weighted by atomic mass is 9.99. The standard InChI is InChI=1S/C27H19ClN2O4/c1-14-3-8-20(11-21(14)26(32)33)34-27-29-24-12-22(23(28)13-25(24)30-27)19-7-6-17-9-16(15(2)31)4-5-18(17)10-19/h3-13H,1-2H3,(H,29,30)(H,32,33). The first-order valence-electron chi connectivity index (χ1n) is 10.5. The van der Waals surface area contributed by atoms with Crippen LogP contribution in [0.15, 0.2) is 66.7 Å². The Morgan fingerprint density at radius 2 is 1.74 bits per heavy atom. The molecule has 0 spiro atoms. The van der Waals surface area contributed by atoms with Crippen molar-refractivity contribution in [3.63, 3.8) is 0 Å². The zero-order valence-electron chi connectivity index (χ0n) is 18.3. The number of imidazole rings is 1. The summed E-state index contributed by atoms with van der Waals surface area (Å²) in [6.45, 7) is 3.28. The van der Waals surface area contributed by atoms with Gasteiger partial charge < -0.3 is 14.8 Å². The fourth-order valence-corrected chi connectivity index (χ4v) is 4.19. The molecule has 1 heterocycles. The van der Waals surface area contributed by atoms with Gasteiger partial charge in [0.05, 0.1) is 21.6 Å². The minimum absolute atomic E-state index is 0.0286. The number of fused-ring (bicyclic) bond motifs is 2. The number of nitrogens with one attached hydrogen (secondary N) is 1. The van der Waals surface area contributed by atoms with E-state index in [0.717, 1.165) is 21.9 Å². The second-order valence-corrected chi connectivity index (χ2v) is 8.52. The van der Waals surface area contributed by atoms with Crippen LogP contribution in [0.3, 0.4) is 0 Å². The van der Waals surface area contributed by atoms with Gasteiger partial charge in [-0.05, 0) is 72.1 Å². The monoisotopic (exact) mass is 470 g/mol. The quantitative estimate of drug-likeness (QED) is 0.269. The fourth-order valence-electron chi connectivity index (χ4n) is 3.92. The van der Waals surface area contributed by atoms with Gasteiger partial charge in [0, 0.05) is 11.1 Å². The highest BCUT2D eigenvalue weighted by molar-refractivity contribution is 6.34. The average molecular weight is 471 g/mol. The number of carboxylic acid groups (broad SMARTS) is 1. The first kappa shape index (κ1) is 21.7. The van der Waals surface area contributed by atoms with Crippen molar-refractivity contribution in [1.29, 1.82) is 0 Å². The van der Waals surface area contributed by atoms with Crippen LogP contribution in [0.4, 0.5) is 0 Å². The molecule has 0 radical (unpaired) electrons. The Balaban J connectivity index is 1.50. The third kappa shape index (κ3) is 4.00. The average Bonchev–Trinajstić information content (AvgIpc) is 3.19. The maximum Gasteiger partial charge on any atom is 0.336 e. The number of rotatable bonds is 5. The van der Waals surface area contributed by atoms with E-state index in [2.05, 4.69) is 9.97 Å². The van der Waals surface area contributed by atoms with Crippen LogP contribution in [-0.2, 0) is 0 Å². The molecule has 0 aliphatic carbocycles. The van der Waals surface area contributed by atoms with Crippen LogP contribution in [0.2, 0.25) is 5.02 Å². The van der Waals surface area contributed by atoms with Gasteiger partial charge in [-0.25, -0.2) is 4.79 Å². The minimum Gasteiger partial charge on any atom is -0.478 e. The number of benzene rings is 4. The molecule has 0 aliphatic rings. The molecule has 168 valence electrons. The second-order valence-electron chi connectivity index (χ2n) is 8.11. The van der Waals surface area contributed by atoms with Gasteiger partial charge in [-0.1, -0.05) is 41.9 Å². The minimum atomic E-state index is -1.02. The van der Waals surface area contributed by atoms with Gasteiger partial charge in [-0.3, -0.25) is 4.79 Å². The number of carbonyl (C=O) groups is 2. The molecule has 0 fully saturated rings.